The van der Waals surface area contributed by atoms with Gasteiger partial charge in [-0.05, 0) is 48.4 Å². The molecule has 0 aliphatic rings. The van der Waals surface area contributed by atoms with Gasteiger partial charge in [0.1, 0.15) is 0 Å². The van der Waals surface area contributed by atoms with Crippen molar-refractivity contribution in [2.45, 2.75) is 66.7 Å². The van der Waals surface area contributed by atoms with E-state index in [4.69, 9.17) is 4.74 Å². The van der Waals surface area contributed by atoms with Gasteiger partial charge in [0, 0.05) is 32.2 Å². The van der Waals surface area contributed by atoms with Crippen LogP contribution in [0.5, 0.6) is 0 Å². The predicted molar refractivity (Wildman–Crippen MR) is 170 cm³/mol. The number of hydrogen-bond acceptors (Lipinski definition) is 6. The summed E-state index contributed by atoms with van der Waals surface area (Å²) in [6.07, 6.45) is 4.28. The maximum atomic E-state index is 13.0. The summed E-state index contributed by atoms with van der Waals surface area (Å²) in [6, 6.07) is 13.8. The first-order chi connectivity index (χ1) is 19.9. The molecule has 0 aliphatic heterocycles. The van der Waals surface area contributed by atoms with Gasteiger partial charge in [-0.2, -0.15) is 0 Å². The average molecular weight is 583 g/mol. The first-order valence-electron chi connectivity index (χ1n) is 14.6. The zero-order valence-corrected chi connectivity index (χ0v) is 26.6. The van der Waals surface area contributed by atoms with Crippen LogP contribution < -0.4 is 10.2 Å². The van der Waals surface area contributed by atoms with E-state index in [1.54, 1.807) is 13.2 Å². The molecule has 0 radical (unpaired) electrons. The summed E-state index contributed by atoms with van der Waals surface area (Å²) in [5, 5.41) is 12.5. The van der Waals surface area contributed by atoms with Crippen molar-refractivity contribution in [3.05, 3.63) is 71.3 Å². The Morgan fingerprint density at radius 1 is 0.976 bits per heavy atom. The maximum Gasteiger partial charge on any atom is 0.330 e. The summed E-state index contributed by atoms with van der Waals surface area (Å²) >= 11 is 0. The van der Waals surface area contributed by atoms with Crippen LogP contribution in [0.15, 0.2) is 54.6 Å². The minimum Gasteiger partial charge on any atom is -0.481 e. The molecule has 232 valence electrons. The third kappa shape index (κ3) is 14.3. The first kappa shape index (κ1) is 36.4. The van der Waals surface area contributed by atoms with E-state index in [1.807, 2.05) is 56.3 Å². The monoisotopic (exact) mass is 582 g/mol. The van der Waals surface area contributed by atoms with Crippen LogP contribution in [-0.2, 0) is 30.3 Å². The van der Waals surface area contributed by atoms with Gasteiger partial charge >= 0.3 is 11.9 Å². The highest BCUT2D eigenvalue weighted by atomic mass is 16.5. The molecule has 0 aliphatic carbocycles. The highest BCUT2D eigenvalue weighted by molar-refractivity contribution is 5.96. The lowest BCUT2D eigenvalue weighted by Crippen LogP contribution is -2.32. The number of nitrogens with one attached hydrogen (secondary N) is 1. The summed E-state index contributed by atoms with van der Waals surface area (Å²) in [5.74, 6) is -0.666. The van der Waals surface area contributed by atoms with Crippen LogP contribution in [0.4, 0.5) is 11.4 Å². The predicted octanol–water partition coefficient (Wildman–Crippen LogP) is 6.62. The lowest BCUT2D eigenvalue weighted by molar-refractivity contribution is -0.138. The zero-order valence-electron chi connectivity index (χ0n) is 26.6. The largest absolute Gasteiger partial charge is 0.481 e. The third-order valence-electron chi connectivity index (χ3n) is 6.24. The molecule has 1 amide bonds. The number of rotatable bonds is 15. The quantitative estimate of drug-likeness (QED) is 0.179. The van der Waals surface area contributed by atoms with Crippen molar-refractivity contribution in [1.29, 1.82) is 0 Å². The van der Waals surface area contributed by atoms with E-state index in [2.05, 4.69) is 42.6 Å². The van der Waals surface area contributed by atoms with E-state index >= 15 is 0 Å². The number of aliphatic carboxylic acids is 1. The summed E-state index contributed by atoms with van der Waals surface area (Å²) < 4.78 is 9.62. The zero-order chi connectivity index (χ0) is 31.7. The molecule has 2 aromatic carbocycles. The van der Waals surface area contributed by atoms with Crippen LogP contribution in [0.2, 0.25) is 0 Å². The Morgan fingerprint density at radius 3 is 2.10 bits per heavy atom. The van der Waals surface area contributed by atoms with Gasteiger partial charge < -0.3 is 24.8 Å². The number of nitrogens with zero attached hydrogens (tertiary/aromatic N) is 1. The Bertz CT molecular complexity index is 1130. The third-order valence-corrected chi connectivity index (χ3v) is 6.24. The van der Waals surface area contributed by atoms with Crippen LogP contribution in [0.1, 0.15) is 70.1 Å². The van der Waals surface area contributed by atoms with Crippen LogP contribution in [-0.4, -0.2) is 56.9 Å². The summed E-state index contributed by atoms with van der Waals surface area (Å²) in [7, 11) is 2.93. The van der Waals surface area contributed by atoms with Gasteiger partial charge in [-0.25, -0.2) is 4.79 Å². The molecule has 2 aromatic rings. The van der Waals surface area contributed by atoms with Gasteiger partial charge in [0.15, 0.2) is 0 Å². The number of carbonyl (C=O) groups excluding carboxylic acids is 2. The van der Waals surface area contributed by atoms with E-state index < -0.39 is 5.97 Å². The molecule has 2 N–H and O–H groups in total. The fraction of sp³-hybridized carbons (Fsp3) is 0.500. The first-order valence-corrected chi connectivity index (χ1v) is 14.6. The fourth-order valence-corrected chi connectivity index (χ4v) is 4.39. The second kappa shape index (κ2) is 19.5. The molecule has 0 heterocycles. The molecular weight excluding hydrogens is 532 g/mol. The Kier molecular flexibility index (Phi) is 16.9. The van der Waals surface area contributed by atoms with E-state index in [9.17, 15) is 19.5 Å². The number of anilines is 2. The molecule has 8 nitrogen and oxygen atoms in total. The highest BCUT2D eigenvalue weighted by Crippen LogP contribution is 2.33. The van der Waals surface area contributed by atoms with Gasteiger partial charge in [-0.3, -0.25) is 9.59 Å². The maximum absolute atomic E-state index is 13.0. The molecule has 0 saturated carbocycles. The van der Waals surface area contributed by atoms with Crippen molar-refractivity contribution in [3.63, 3.8) is 0 Å². The van der Waals surface area contributed by atoms with Crippen molar-refractivity contribution in [2.24, 2.45) is 11.8 Å². The summed E-state index contributed by atoms with van der Waals surface area (Å²) in [4.78, 5) is 37.0. The standard InChI is InChI=1S/C28H40N2O4.C6H10O2/c1-19(2)16-30(17-20(3)4)26-12-11-23(24(18-34-6)15-28(32)33)14-25(26)29-27(31)13-22-9-7-21(5)8-10-22;1-3-4-5-6(7)8-2/h7-12,14,19-20,24H,13,15-18H2,1-6H3,(H,29,31)(H,32,33);4-5H,3H2,1-2H3/b;5-4+. The normalized spacial score (nSPS) is 11.7. The molecule has 42 heavy (non-hydrogen) atoms. The summed E-state index contributed by atoms with van der Waals surface area (Å²) in [6.45, 7) is 14.7. The number of esters is 1. The SMILES string of the molecule is CC/C=C/C(=O)OC.COCC(CC(=O)O)c1ccc(N(CC(C)C)CC(C)C)c(NC(=O)Cc2ccc(C)cc2)c1. The number of carbonyl (C=O) groups is 3. The number of carboxylic acid groups (broad SMARTS) is 1. The molecule has 1 atom stereocenters. The smallest absolute Gasteiger partial charge is 0.330 e. The van der Waals surface area contributed by atoms with Crippen LogP contribution >= 0.6 is 0 Å². The van der Waals surface area contributed by atoms with Crippen molar-refractivity contribution >= 4 is 29.2 Å². The van der Waals surface area contributed by atoms with Gasteiger partial charge in [-0.15, -0.1) is 0 Å². The second-order valence-electron chi connectivity index (χ2n) is 11.3. The molecule has 0 saturated heterocycles. The van der Waals surface area contributed by atoms with E-state index in [0.29, 0.717) is 24.1 Å². The number of carboxylic acids is 1. The fourth-order valence-electron chi connectivity index (χ4n) is 4.39. The van der Waals surface area contributed by atoms with Gasteiger partial charge in [0.25, 0.3) is 0 Å². The number of benzene rings is 2. The van der Waals surface area contributed by atoms with Gasteiger partial charge in [0.2, 0.25) is 5.91 Å². The number of methoxy groups -OCH3 is 2. The summed E-state index contributed by atoms with van der Waals surface area (Å²) in [5.41, 5.74) is 4.61. The van der Waals surface area contributed by atoms with E-state index in [1.165, 1.54) is 13.2 Å². The van der Waals surface area contributed by atoms with Crippen molar-refractivity contribution in [1.82, 2.24) is 0 Å². The number of aryl methyl sites for hydroxylation is 1. The van der Waals surface area contributed by atoms with Gasteiger partial charge in [-0.1, -0.05) is 76.6 Å². The van der Waals surface area contributed by atoms with Crippen LogP contribution in [0.3, 0.4) is 0 Å². The van der Waals surface area contributed by atoms with Crippen LogP contribution in [0, 0.1) is 18.8 Å². The Labute approximate surface area is 252 Å². The van der Waals surface area contributed by atoms with Crippen LogP contribution in [0.25, 0.3) is 0 Å². The van der Waals surface area contributed by atoms with Crippen molar-refractivity contribution in [3.8, 4) is 0 Å². The lowest BCUT2D eigenvalue weighted by Gasteiger charge is -2.31. The minimum absolute atomic E-state index is 0.0361. The van der Waals surface area contributed by atoms with Crippen molar-refractivity contribution < 1.29 is 29.0 Å². The van der Waals surface area contributed by atoms with Gasteiger partial charge in [0.05, 0.1) is 37.9 Å². The molecular formula is C34H50N2O6. The molecule has 0 aromatic heterocycles. The van der Waals surface area contributed by atoms with Crippen molar-refractivity contribution in [2.75, 3.05) is 44.1 Å². The Hall–Kier alpha value is -3.65. The minimum atomic E-state index is -0.877. The molecule has 2 rings (SSSR count). The number of allylic oxidation sites excluding steroid dienone is 1. The average Bonchev–Trinajstić information content (AvgIpc) is 2.92. The highest BCUT2D eigenvalue weighted by Gasteiger charge is 2.21. The number of ether oxygens (including phenoxy) is 2. The Balaban J connectivity index is 0.000000962. The molecule has 8 heteroatoms. The lowest BCUT2D eigenvalue weighted by atomic mass is 9.95. The number of hydrogen-bond donors (Lipinski definition) is 2. The molecule has 0 spiro atoms. The topological polar surface area (TPSA) is 105 Å². The molecule has 1 unspecified atom stereocenters. The number of amides is 1. The Morgan fingerprint density at radius 2 is 1.60 bits per heavy atom. The molecule has 0 fully saturated rings. The molecule has 0 bridgehead atoms. The van der Waals surface area contributed by atoms with E-state index in [0.717, 1.165) is 41.9 Å². The second-order valence-corrected chi connectivity index (χ2v) is 11.3. The van der Waals surface area contributed by atoms with E-state index in [-0.39, 0.29) is 30.6 Å².